The Morgan fingerprint density at radius 3 is 2.61 bits per heavy atom. The second-order valence-corrected chi connectivity index (χ2v) is 6.42. The van der Waals surface area contributed by atoms with Gasteiger partial charge in [0.15, 0.2) is 0 Å². The van der Waals surface area contributed by atoms with Crippen molar-refractivity contribution >= 4 is 5.91 Å². The van der Waals surface area contributed by atoms with Crippen LogP contribution in [-0.2, 0) is 9.53 Å². The molecule has 0 saturated carbocycles. The Bertz CT molecular complexity index is 273. The van der Waals surface area contributed by atoms with Gasteiger partial charge in [-0.3, -0.25) is 4.79 Å². The Hall–Kier alpha value is -0.610. The van der Waals surface area contributed by atoms with Crippen LogP contribution in [0.4, 0.5) is 0 Å². The maximum absolute atomic E-state index is 12.2. The summed E-state index contributed by atoms with van der Waals surface area (Å²) >= 11 is 0. The third-order valence-electron chi connectivity index (χ3n) is 3.68. The monoisotopic (exact) mass is 256 g/mol. The van der Waals surface area contributed by atoms with Crippen molar-refractivity contribution in [2.75, 3.05) is 20.2 Å². The van der Waals surface area contributed by atoms with Crippen molar-refractivity contribution in [3.63, 3.8) is 0 Å². The van der Waals surface area contributed by atoms with Gasteiger partial charge >= 0.3 is 0 Å². The molecular weight excluding hydrogens is 228 g/mol. The van der Waals surface area contributed by atoms with E-state index >= 15 is 0 Å². The lowest BCUT2D eigenvalue weighted by molar-refractivity contribution is -0.137. The highest BCUT2D eigenvalue weighted by Crippen LogP contribution is 2.24. The van der Waals surface area contributed by atoms with E-state index in [-0.39, 0.29) is 23.5 Å². The summed E-state index contributed by atoms with van der Waals surface area (Å²) in [6.07, 6.45) is 3.60. The number of ether oxygens (including phenoxy) is 1. The SMILES string of the molecule is COC1CCN(C(=O)CCC(C)(C)C)C(CN)C1. The maximum atomic E-state index is 12.2. The number of likely N-dealkylation sites (tertiary alicyclic amines) is 1. The molecule has 0 aromatic carbocycles. The first-order valence-corrected chi connectivity index (χ1v) is 6.89. The number of hydrogen-bond acceptors (Lipinski definition) is 3. The number of nitrogens with zero attached hydrogens (tertiary/aromatic N) is 1. The standard InChI is InChI=1S/C14H28N2O2/c1-14(2,3)7-5-13(17)16-8-6-12(18-4)9-11(16)10-15/h11-12H,5-10,15H2,1-4H3. The van der Waals surface area contributed by atoms with E-state index in [4.69, 9.17) is 10.5 Å². The largest absolute Gasteiger partial charge is 0.381 e. The molecule has 1 amide bonds. The van der Waals surface area contributed by atoms with E-state index in [1.807, 2.05) is 4.90 Å². The van der Waals surface area contributed by atoms with Crippen LogP contribution in [0.3, 0.4) is 0 Å². The maximum Gasteiger partial charge on any atom is 0.222 e. The molecule has 18 heavy (non-hydrogen) atoms. The molecule has 0 aliphatic carbocycles. The van der Waals surface area contributed by atoms with Crippen molar-refractivity contribution in [1.82, 2.24) is 4.90 Å². The molecule has 4 nitrogen and oxygen atoms in total. The Morgan fingerprint density at radius 1 is 1.44 bits per heavy atom. The van der Waals surface area contributed by atoms with E-state index in [1.54, 1.807) is 7.11 Å². The predicted octanol–water partition coefficient (Wildman–Crippen LogP) is 1.78. The third kappa shape index (κ3) is 4.58. The molecule has 1 saturated heterocycles. The molecule has 0 aromatic rings. The fraction of sp³-hybridized carbons (Fsp3) is 0.929. The number of methoxy groups -OCH3 is 1. The Kier molecular flexibility index (Phi) is 5.60. The number of nitrogens with two attached hydrogens (primary N) is 1. The van der Waals surface area contributed by atoms with Crippen LogP contribution in [0.2, 0.25) is 0 Å². The van der Waals surface area contributed by atoms with Crippen molar-refractivity contribution in [3.8, 4) is 0 Å². The first-order valence-electron chi connectivity index (χ1n) is 6.89. The molecule has 1 heterocycles. The highest BCUT2D eigenvalue weighted by molar-refractivity contribution is 5.76. The minimum atomic E-state index is 0.149. The summed E-state index contributed by atoms with van der Waals surface area (Å²) < 4.78 is 5.37. The highest BCUT2D eigenvalue weighted by atomic mass is 16.5. The molecule has 1 fully saturated rings. The van der Waals surface area contributed by atoms with Crippen LogP contribution in [0.1, 0.15) is 46.5 Å². The minimum Gasteiger partial charge on any atom is -0.381 e. The predicted molar refractivity (Wildman–Crippen MR) is 73.3 cm³/mol. The van der Waals surface area contributed by atoms with Gasteiger partial charge in [0.25, 0.3) is 0 Å². The Balaban J connectivity index is 2.51. The Labute approximate surface area is 111 Å². The van der Waals surface area contributed by atoms with Crippen molar-refractivity contribution in [3.05, 3.63) is 0 Å². The molecule has 2 N–H and O–H groups in total. The second kappa shape index (κ2) is 6.53. The molecule has 2 unspecified atom stereocenters. The van der Waals surface area contributed by atoms with Crippen LogP contribution < -0.4 is 5.73 Å². The van der Waals surface area contributed by atoms with Crippen molar-refractivity contribution in [2.24, 2.45) is 11.1 Å². The summed E-state index contributed by atoms with van der Waals surface area (Å²) in [5.41, 5.74) is 5.99. The Morgan fingerprint density at radius 2 is 2.11 bits per heavy atom. The molecule has 4 heteroatoms. The van der Waals surface area contributed by atoms with Crippen LogP contribution in [0, 0.1) is 5.41 Å². The molecule has 1 rings (SSSR count). The van der Waals surface area contributed by atoms with Crippen molar-refractivity contribution < 1.29 is 9.53 Å². The topological polar surface area (TPSA) is 55.6 Å². The smallest absolute Gasteiger partial charge is 0.222 e. The number of piperidine rings is 1. The quantitative estimate of drug-likeness (QED) is 0.834. The fourth-order valence-corrected chi connectivity index (χ4v) is 2.41. The average Bonchev–Trinajstić information content (AvgIpc) is 2.34. The van der Waals surface area contributed by atoms with Crippen LogP contribution in [0.15, 0.2) is 0 Å². The zero-order valence-electron chi connectivity index (χ0n) is 12.2. The molecule has 0 aromatic heterocycles. The minimum absolute atomic E-state index is 0.149. The van der Waals surface area contributed by atoms with Gasteiger partial charge in [-0.2, -0.15) is 0 Å². The van der Waals surface area contributed by atoms with Crippen LogP contribution >= 0.6 is 0 Å². The molecular formula is C14H28N2O2. The fourth-order valence-electron chi connectivity index (χ4n) is 2.41. The van der Waals surface area contributed by atoms with E-state index in [0.29, 0.717) is 13.0 Å². The molecule has 0 radical (unpaired) electrons. The van der Waals surface area contributed by atoms with E-state index in [9.17, 15) is 4.79 Å². The van der Waals surface area contributed by atoms with Gasteiger partial charge in [-0.05, 0) is 24.7 Å². The van der Waals surface area contributed by atoms with Gasteiger partial charge in [-0.1, -0.05) is 20.8 Å². The molecule has 106 valence electrons. The third-order valence-corrected chi connectivity index (χ3v) is 3.68. The van der Waals surface area contributed by atoms with E-state index in [0.717, 1.165) is 25.8 Å². The van der Waals surface area contributed by atoms with Crippen molar-refractivity contribution in [2.45, 2.75) is 58.6 Å². The molecule has 1 aliphatic heterocycles. The summed E-state index contributed by atoms with van der Waals surface area (Å²) in [6, 6.07) is 0.149. The average molecular weight is 256 g/mol. The summed E-state index contributed by atoms with van der Waals surface area (Å²) in [4.78, 5) is 14.2. The van der Waals surface area contributed by atoms with E-state index < -0.39 is 0 Å². The zero-order valence-corrected chi connectivity index (χ0v) is 12.2. The first kappa shape index (κ1) is 15.4. The first-order chi connectivity index (χ1) is 8.37. The van der Waals surface area contributed by atoms with Gasteiger partial charge in [0.05, 0.1) is 6.10 Å². The van der Waals surface area contributed by atoms with E-state index in [1.165, 1.54) is 0 Å². The van der Waals surface area contributed by atoms with Gasteiger partial charge in [0.2, 0.25) is 5.91 Å². The molecule has 0 bridgehead atoms. The van der Waals surface area contributed by atoms with Crippen LogP contribution in [0.25, 0.3) is 0 Å². The van der Waals surface area contributed by atoms with Gasteiger partial charge in [-0.15, -0.1) is 0 Å². The van der Waals surface area contributed by atoms with Gasteiger partial charge in [0, 0.05) is 32.7 Å². The lowest BCUT2D eigenvalue weighted by Crippen LogP contribution is -2.51. The number of hydrogen-bond donors (Lipinski definition) is 1. The van der Waals surface area contributed by atoms with Gasteiger partial charge in [0.1, 0.15) is 0 Å². The summed E-state index contributed by atoms with van der Waals surface area (Å²) in [7, 11) is 1.73. The molecule has 1 aliphatic rings. The van der Waals surface area contributed by atoms with Gasteiger partial charge < -0.3 is 15.4 Å². The number of carbonyl (C=O) groups is 1. The number of amides is 1. The zero-order chi connectivity index (χ0) is 13.8. The van der Waals surface area contributed by atoms with E-state index in [2.05, 4.69) is 20.8 Å². The number of rotatable bonds is 4. The molecule has 2 atom stereocenters. The highest BCUT2D eigenvalue weighted by Gasteiger charge is 2.30. The lowest BCUT2D eigenvalue weighted by atomic mass is 9.89. The summed E-state index contributed by atoms with van der Waals surface area (Å²) in [5, 5.41) is 0. The molecule has 0 spiro atoms. The second-order valence-electron chi connectivity index (χ2n) is 6.42. The van der Waals surface area contributed by atoms with Gasteiger partial charge in [-0.25, -0.2) is 0 Å². The summed E-state index contributed by atoms with van der Waals surface area (Å²) in [6.45, 7) is 7.80. The normalized spacial score (nSPS) is 25.3. The van der Waals surface area contributed by atoms with Crippen LogP contribution in [-0.4, -0.2) is 43.2 Å². The van der Waals surface area contributed by atoms with Crippen LogP contribution in [0.5, 0.6) is 0 Å². The lowest BCUT2D eigenvalue weighted by Gasteiger charge is -2.39. The summed E-state index contributed by atoms with van der Waals surface area (Å²) in [5.74, 6) is 0.245. The number of carbonyl (C=O) groups excluding carboxylic acids is 1. The van der Waals surface area contributed by atoms with Crippen molar-refractivity contribution in [1.29, 1.82) is 0 Å².